The molecule has 2 N–H and O–H groups in total. The number of hydrogen-bond acceptors (Lipinski definition) is 2. The summed E-state index contributed by atoms with van der Waals surface area (Å²) in [5.41, 5.74) is 3.43. The third kappa shape index (κ3) is 2.37. The Kier molecular flexibility index (Phi) is 3.93. The van der Waals surface area contributed by atoms with Crippen molar-refractivity contribution in [2.45, 2.75) is 39.2 Å². The van der Waals surface area contributed by atoms with E-state index in [0.29, 0.717) is 0 Å². The van der Waals surface area contributed by atoms with Gasteiger partial charge in [0.1, 0.15) is 6.04 Å². The van der Waals surface area contributed by atoms with Gasteiger partial charge in [-0.05, 0) is 25.0 Å². The number of fused-ring (bicyclic) bond motifs is 3. The monoisotopic (exact) mass is 259 g/mol. The number of rotatable bonds is 1. The molecule has 1 aromatic carbocycles. The average Bonchev–Trinajstić information content (AvgIpc) is 2.89. The van der Waals surface area contributed by atoms with E-state index in [1.54, 1.807) is 0 Å². The molecule has 0 fully saturated rings. The molecule has 3 heteroatoms. The van der Waals surface area contributed by atoms with Crippen molar-refractivity contribution >= 4 is 11.7 Å². The molecular formula is C16H21NO2. The summed E-state index contributed by atoms with van der Waals surface area (Å²) in [6.45, 7) is 6.07. The number of carboxylic acids is 1. The molecule has 0 saturated heterocycles. The highest BCUT2D eigenvalue weighted by atomic mass is 16.4. The van der Waals surface area contributed by atoms with Crippen molar-refractivity contribution in [1.82, 2.24) is 0 Å². The van der Waals surface area contributed by atoms with Crippen LogP contribution in [0.3, 0.4) is 0 Å². The van der Waals surface area contributed by atoms with Crippen LogP contribution in [0.4, 0.5) is 5.69 Å². The van der Waals surface area contributed by atoms with Gasteiger partial charge in [0.15, 0.2) is 0 Å². The molecule has 19 heavy (non-hydrogen) atoms. The van der Waals surface area contributed by atoms with E-state index in [2.05, 4.69) is 30.5 Å². The van der Waals surface area contributed by atoms with Gasteiger partial charge in [0.2, 0.25) is 0 Å². The number of aryl methyl sites for hydroxylation is 1. The van der Waals surface area contributed by atoms with Crippen molar-refractivity contribution in [1.29, 1.82) is 0 Å². The first-order valence-corrected chi connectivity index (χ1v) is 6.93. The summed E-state index contributed by atoms with van der Waals surface area (Å²) in [5, 5.41) is 12.4. The van der Waals surface area contributed by atoms with Crippen molar-refractivity contribution in [3.8, 4) is 0 Å². The van der Waals surface area contributed by atoms with E-state index in [0.717, 1.165) is 12.1 Å². The molecule has 3 atom stereocenters. The third-order valence-corrected chi connectivity index (χ3v) is 3.78. The average molecular weight is 259 g/mol. The minimum absolute atomic E-state index is 0.154. The highest BCUT2D eigenvalue weighted by molar-refractivity contribution is 5.80. The zero-order valence-electron chi connectivity index (χ0n) is 11.7. The van der Waals surface area contributed by atoms with Crippen molar-refractivity contribution in [2.24, 2.45) is 5.92 Å². The van der Waals surface area contributed by atoms with Crippen molar-refractivity contribution in [2.75, 3.05) is 5.32 Å². The maximum absolute atomic E-state index is 11.3. The molecule has 1 aromatic rings. The Morgan fingerprint density at radius 3 is 2.79 bits per heavy atom. The summed E-state index contributed by atoms with van der Waals surface area (Å²) in [4.78, 5) is 11.3. The normalized spacial score (nSPS) is 26.6. The van der Waals surface area contributed by atoms with E-state index >= 15 is 0 Å². The van der Waals surface area contributed by atoms with Crippen LogP contribution in [-0.2, 0) is 4.79 Å². The lowest BCUT2D eigenvalue weighted by molar-refractivity contribution is -0.139. The van der Waals surface area contributed by atoms with Gasteiger partial charge >= 0.3 is 5.97 Å². The lowest BCUT2D eigenvalue weighted by Crippen LogP contribution is -2.41. The molecule has 1 aliphatic heterocycles. The van der Waals surface area contributed by atoms with Crippen LogP contribution in [0.15, 0.2) is 30.4 Å². The lowest BCUT2D eigenvalue weighted by Gasteiger charge is -2.34. The van der Waals surface area contributed by atoms with Gasteiger partial charge in [0.05, 0.1) is 0 Å². The van der Waals surface area contributed by atoms with Gasteiger partial charge in [-0.2, -0.15) is 0 Å². The van der Waals surface area contributed by atoms with Crippen LogP contribution in [0.5, 0.6) is 0 Å². The first-order valence-electron chi connectivity index (χ1n) is 6.93. The first-order chi connectivity index (χ1) is 9.16. The summed E-state index contributed by atoms with van der Waals surface area (Å²) < 4.78 is 0. The predicted octanol–water partition coefficient (Wildman–Crippen LogP) is 3.56. The first kappa shape index (κ1) is 13.7. The van der Waals surface area contributed by atoms with E-state index in [1.165, 1.54) is 11.1 Å². The fourth-order valence-electron chi connectivity index (χ4n) is 2.96. The second-order valence-corrected chi connectivity index (χ2v) is 4.90. The van der Waals surface area contributed by atoms with Gasteiger partial charge in [0.25, 0.3) is 0 Å². The van der Waals surface area contributed by atoms with Gasteiger partial charge < -0.3 is 10.4 Å². The molecule has 0 saturated carbocycles. The molecule has 0 aromatic heterocycles. The standard InChI is InChI=1S/C14H15NO2.C2H6/c1-8-5-6-12-11(7-8)9-3-2-4-10(9)13(15-12)14(16)17;1-2/h2-3,5-7,9-10,13,15H,4H2,1H3,(H,16,17);1-2H3. The molecule has 3 nitrogen and oxygen atoms in total. The van der Waals surface area contributed by atoms with E-state index in [9.17, 15) is 9.90 Å². The van der Waals surface area contributed by atoms with Gasteiger partial charge in [-0.1, -0.05) is 43.7 Å². The van der Waals surface area contributed by atoms with Crippen LogP contribution in [0.2, 0.25) is 0 Å². The molecular weight excluding hydrogens is 238 g/mol. The number of nitrogens with one attached hydrogen (secondary N) is 1. The van der Waals surface area contributed by atoms with Crippen LogP contribution in [-0.4, -0.2) is 17.1 Å². The van der Waals surface area contributed by atoms with E-state index in [-0.39, 0.29) is 11.8 Å². The largest absolute Gasteiger partial charge is 0.480 e. The maximum Gasteiger partial charge on any atom is 0.326 e. The van der Waals surface area contributed by atoms with Crippen LogP contribution in [0.1, 0.15) is 37.3 Å². The topological polar surface area (TPSA) is 49.3 Å². The Morgan fingerprint density at radius 1 is 1.37 bits per heavy atom. The summed E-state index contributed by atoms with van der Waals surface area (Å²) >= 11 is 0. The van der Waals surface area contributed by atoms with Gasteiger partial charge in [0, 0.05) is 17.5 Å². The number of hydrogen-bond donors (Lipinski definition) is 2. The summed E-state index contributed by atoms with van der Waals surface area (Å²) in [5.74, 6) is -0.344. The molecule has 102 valence electrons. The summed E-state index contributed by atoms with van der Waals surface area (Å²) in [6.07, 6.45) is 5.10. The molecule has 0 spiro atoms. The zero-order chi connectivity index (χ0) is 14.0. The van der Waals surface area contributed by atoms with Crippen LogP contribution >= 0.6 is 0 Å². The number of anilines is 1. The molecule has 0 radical (unpaired) electrons. The lowest BCUT2D eigenvalue weighted by atomic mass is 9.79. The minimum atomic E-state index is -0.755. The SMILES string of the molecule is CC.Cc1ccc2c(c1)C1C=CCC1C(C(=O)O)N2. The Morgan fingerprint density at radius 2 is 2.11 bits per heavy atom. The van der Waals surface area contributed by atoms with Crippen molar-refractivity contribution < 1.29 is 9.90 Å². The molecule has 0 amide bonds. The number of benzene rings is 1. The maximum atomic E-state index is 11.3. The molecule has 0 bridgehead atoms. The Labute approximate surface area is 114 Å². The number of carboxylic acid groups (broad SMARTS) is 1. The van der Waals surface area contributed by atoms with Crippen LogP contribution < -0.4 is 5.32 Å². The van der Waals surface area contributed by atoms with Gasteiger partial charge in [-0.25, -0.2) is 4.79 Å². The van der Waals surface area contributed by atoms with Crippen molar-refractivity contribution in [3.05, 3.63) is 41.5 Å². The number of carbonyl (C=O) groups is 1. The Bertz CT molecular complexity index is 507. The number of aliphatic carboxylic acids is 1. The third-order valence-electron chi connectivity index (χ3n) is 3.78. The van der Waals surface area contributed by atoms with E-state index < -0.39 is 12.0 Å². The quantitative estimate of drug-likeness (QED) is 0.758. The highest BCUT2D eigenvalue weighted by Crippen LogP contribution is 2.44. The van der Waals surface area contributed by atoms with Crippen LogP contribution in [0.25, 0.3) is 0 Å². The second kappa shape index (κ2) is 5.47. The summed E-state index contributed by atoms with van der Waals surface area (Å²) in [7, 11) is 0. The van der Waals surface area contributed by atoms with Gasteiger partial charge in [-0.3, -0.25) is 0 Å². The molecule has 1 aliphatic carbocycles. The molecule has 2 aliphatic rings. The predicted molar refractivity (Wildman–Crippen MR) is 77.6 cm³/mol. The second-order valence-electron chi connectivity index (χ2n) is 4.90. The Hall–Kier alpha value is -1.77. The molecule has 1 heterocycles. The highest BCUT2D eigenvalue weighted by Gasteiger charge is 2.40. The smallest absolute Gasteiger partial charge is 0.326 e. The van der Waals surface area contributed by atoms with E-state index in [4.69, 9.17) is 0 Å². The zero-order valence-corrected chi connectivity index (χ0v) is 11.7. The van der Waals surface area contributed by atoms with E-state index in [1.807, 2.05) is 26.0 Å². The van der Waals surface area contributed by atoms with Gasteiger partial charge in [-0.15, -0.1) is 0 Å². The summed E-state index contributed by atoms with van der Waals surface area (Å²) in [6, 6.07) is 5.70. The fourth-order valence-corrected chi connectivity index (χ4v) is 2.96. The molecule has 3 rings (SSSR count). The Balaban J connectivity index is 0.000000637. The minimum Gasteiger partial charge on any atom is -0.480 e. The fraction of sp³-hybridized carbons (Fsp3) is 0.438. The molecule has 3 unspecified atom stereocenters. The van der Waals surface area contributed by atoms with Crippen molar-refractivity contribution in [3.63, 3.8) is 0 Å². The van der Waals surface area contributed by atoms with Crippen LogP contribution in [0, 0.1) is 12.8 Å². The number of allylic oxidation sites excluding steroid dienone is 2.